The molecule has 0 saturated heterocycles. The van der Waals surface area contributed by atoms with Gasteiger partial charge in [0.1, 0.15) is 11.5 Å². The number of ether oxygens (including phenoxy) is 1. The van der Waals surface area contributed by atoms with E-state index < -0.39 is 6.43 Å². The van der Waals surface area contributed by atoms with Gasteiger partial charge in [-0.15, -0.1) is 0 Å². The minimum atomic E-state index is -2.35. The van der Waals surface area contributed by atoms with Gasteiger partial charge in [-0.05, 0) is 42.5 Å². The van der Waals surface area contributed by atoms with Crippen LogP contribution in [0.15, 0.2) is 24.5 Å². The molecule has 1 aliphatic heterocycles. The van der Waals surface area contributed by atoms with Gasteiger partial charge in [-0.25, -0.2) is 18.4 Å². The molecule has 2 aromatic heterocycles. The third-order valence-corrected chi connectivity index (χ3v) is 6.45. The highest BCUT2D eigenvalue weighted by Crippen LogP contribution is 2.34. The number of hydrogen-bond acceptors (Lipinski definition) is 7. The average molecular weight is 456 g/mol. The van der Waals surface area contributed by atoms with Gasteiger partial charge in [0, 0.05) is 32.1 Å². The van der Waals surface area contributed by atoms with Crippen LogP contribution in [0, 0.1) is 0 Å². The van der Waals surface area contributed by atoms with E-state index in [2.05, 4.69) is 15.4 Å². The van der Waals surface area contributed by atoms with Gasteiger partial charge >= 0.3 is 0 Å². The molecule has 1 aliphatic carbocycles. The largest absolute Gasteiger partial charge is 0.495 e. The SMILES string of the molecule is COc1cc2c(cc1Nc1ncc3cnn(C4CCC(=O)CC4)c3n1)CN(CC(F)F)CC2. The van der Waals surface area contributed by atoms with Gasteiger partial charge < -0.3 is 10.1 Å². The van der Waals surface area contributed by atoms with Gasteiger partial charge in [0.15, 0.2) is 5.65 Å². The number of ketones is 1. The number of nitrogens with zero attached hydrogens (tertiary/aromatic N) is 5. The maximum atomic E-state index is 12.9. The number of fused-ring (bicyclic) bond motifs is 2. The number of hydrogen-bond donors (Lipinski definition) is 1. The number of aromatic nitrogens is 4. The van der Waals surface area contributed by atoms with Crippen molar-refractivity contribution in [2.45, 2.75) is 51.1 Å². The fraction of sp³-hybridized carbons (Fsp3) is 0.478. The standard InChI is InChI=1S/C23H26F2N6O2/c1-33-20-9-14-6-7-30(13-21(24)25)12-15(14)8-19(20)28-23-26-10-16-11-27-31(22(16)29-23)17-2-4-18(32)5-3-17/h8-11,17,21H,2-7,12-13H2,1H3,(H,26,28,29). The summed E-state index contributed by atoms with van der Waals surface area (Å²) in [6, 6.07) is 4.03. The zero-order valence-corrected chi connectivity index (χ0v) is 18.4. The van der Waals surface area contributed by atoms with Crippen molar-refractivity contribution < 1.29 is 18.3 Å². The van der Waals surface area contributed by atoms with Crippen LogP contribution in [0.25, 0.3) is 11.0 Å². The van der Waals surface area contributed by atoms with Crippen LogP contribution in [0.4, 0.5) is 20.4 Å². The normalized spacial score (nSPS) is 17.5. The van der Waals surface area contributed by atoms with Gasteiger partial charge in [-0.1, -0.05) is 0 Å². The molecule has 1 N–H and O–H groups in total. The van der Waals surface area contributed by atoms with E-state index in [1.165, 1.54) is 0 Å². The summed E-state index contributed by atoms with van der Waals surface area (Å²) < 4.78 is 33.2. The number of rotatable bonds is 6. The molecule has 33 heavy (non-hydrogen) atoms. The molecule has 8 nitrogen and oxygen atoms in total. The summed E-state index contributed by atoms with van der Waals surface area (Å²) in [5, 5.41) is 8.57. The first-order valence-electron chi connectivity index (χ1n) is 11.2. The number of carbonyl (C=O) groups is 1. The minimum absolute atomic E-state index is 0.141. The summed E-state index contributed by atoms with van der Waals surface area (Å²) in [7, 11) is 1.60. The van der Waals surface area contributed by atoms with Crippen LogP contribution in [0.2, 0.25) is 0 Å². The fourth-order valence-corrected chi connectivity index (χ4v) is 4.72. The van der Waals surface area contributed by atoms with E-state index in [1.54, 1.807) is 24.4 Å². The van der Waals surface area contributed by atoms with Crippen LogP contribution in [-0.2, 0) is 17.8 Å². The summed E-state index contributed by atoms with van der Waals surface area (Å²) in [5.74, 6) is 1.35. The quantitative estimate of drug-likeness (QED) is 0.602. The number of Topliss-reactive ketones (excluding diaryl/α,β-unsaturated/α-hetero) is 1. The molecule has 3 aromatic rings. The molecular formula is C23H26F2N6O2. The smallest absolute Gasteiger partial charge is 0.251 e. The fourth-order valence-electron chi connectivity index (χ4n) is 4.72. The maximum Gasteiger partial charge on any atom is 0.251 e. The summed E-state index contributed by atoms with van der Waals surface area (Å²) in [5.41, 5.74) is 3.49. The number of carbonyl (C=O) groups excluding carboxylic acids is 1. The second-order valence-corrected chi connectivity index (χ2v) is 8.65. The summed E-state index contributed by atoms with van der Waals surface area (Å²) in [6.07, 6.45) is 4.46. The van der Waals surface area contributed by atoms with Crippen LogP contribution in [0.5, 0.6) is 5.75 Å². The van der Waals surface area contributed by atoms with Crippen LogP contribution in [0.1, 0.15) is 42.9 Å². The molecule has 1 saturated carbocycles. The van der Waals surface area contributed by atoms with Crippen molar-refractivity contribution in [2.24, 2.45) is 0 Å². The van der Waals surface area contributed by atoms with E-state index in [9.17, 15) is 13.6 Å². The number of alkyl halides is 2. The van der Waals surface area contributed by atoms with Crippen molar-refractivity contribution in [3.8, 4) is 5.75 Å². The Hall–Kier alpha value is -3.14. The Morgan fingerprint density at radius 2 is 2.00 bits per heavy atom. The number of nitrogens with one attached hydrogen (secondary N) is 1. The van der Waals surface area contributed by atoms with Crippen molar-refractivity contribution in [1.82, 2.24) is 24.6 Å². The molecule has 3 heterocycles. The van der Waals surface area contributed by atoms with Crippen molar-refractivity contribution >= 4 is 28.5 Å². The first-order valence-corrected chi connectivity index (χ1v) is 11.2. The van der Waals surface area contributed by atoms with Crippen molar-refractivity contribution in [1.29, 1.82) is 0 Å². The van der Waals surface area contributed by atoms with Gasteiger partial charge in [-0.3, -0.25) is 9.69 Å². The number of anilines is 2. The molecule has 10 heteroatoms. The zero-order valence-electron chi connectivity index (χ0n) is 18.4. The van der Waals surface area contributed by atoms with Gasteiger partial charge in [0.05, 0.1) is 37.0 Å². The van der Waals surface area contributed by atoms with Crippen LogP contribution >= 0.6 is 0 Å². The Kier molecular flexibility index (Phi) is 5.92. The van der Waals surface area contributed by atoms with Crippen LogP contribution in [-0.4, -0.2) is 57.1 Å². The van der Waals surface area contributed by atoms with E-state index in [-0.39, 0.29) is 12.6 Å². The predicted molar refractivity (Wildman–Crippen MR) is 119 cm³/mol. The van der Waals surface area contributed by atoms with Gasteiger partial charge in [0.2, 0.25) is 5.95 Å². The number of benzene rings is 1. The molecule has 2 aliphatic rings. The molecule has 1 fully saturated rings. The molecular weight excluding hydrogens is 430 g/mol. The van der Waals surface area contributed by atoms with E-state index >= 15 is 0 Å². The molecule has 0 atom stereocenters. The summed E-state index contributed by atoms with van der Waals surface area (Å²) >= 11 is 0. The Morgan fingerprint density at radius 3 is 2.76 bits per heavy atom. The Labute approximate surface area is 190 Å². The van der Waals surface area contributed by atoms with E-state index in [0.717, 1.165) is 29.4 Å². The number of methoxy groups -OCH3 is 1. The molecule has 0 radical (unpaired) electrons. The third kappa shape index (κ3) is 4.52. The highest BCUT2D eigenvalue weighted by atomic mass is 19.3. The lowest BCUT2D eigenvalue weighted by Gasteiger charge is -2.29. The highest BCUT2D eigenvalue weighted by molar-refractivity contribution is 5.79. The van der Waals surface area contributed by atoms with E-state index in [1.807, 2.05) is 16.8 Å². The first kappa shape index (κ1) is 21.7. The third-order valence-electron chi connectivity index (χ3n) is 6.45. The van der Waals surface area contributed by atoms with Crippen LogP contribution < -0.4 is 10.1 Å². The van der Waals surface area contributed by atoms with Crippen molar-refractivity contribution in [3.63, 3.8) is 0 Å². The van der Waals surface area contributed by atoms with Gasteiger partial charge in [-0.2, -0.15) is 10.1 Å². The average Bonchev–Trinajstić information content (AvgIpc) is 3.22. The van der Waals surface area contributed by atoms with Crippen molar-refractivity contribution in [2.75, 3.05) is 25.5 Å². The molecule has 0 unspecified atom stereocenters. The lowest BCUT2D eigenvalue weighted by Crippen LogP contribution is -2.34. The van der Waals surface area contributed by atoms with Gasteiger partial charge in [0.25, 0.3) is 6.43 Å². The van der Waals surface area contributed by atoms with Crippen LogP contribution in [0.3, 0.4) is 0 Å². The Bertz CT molecular complexity index is 1170. The summed E-state index contributed by atoms with van der Waals surface area (Å²) in [6.45, 7) is 0.833. The first-order chi connectivity index (χ1) is 16.0. The van der Waals surface area contributed by atoms with E-state index in [4.69, 9.17) is 9.72 Å². The van der Waals surface area contributed by atoms with Crippen molar-refractivity contribution in [3.05, 3.63) is 35.7 Å². The lowest BCUT2D eigenvalue weighted by atomic mass is 9.94. The zero-order chi connectivity index (χ0) is 22.9. The molecule has 5 rings (SSSR count). The summed E-state index contributed by atoms with van der Waals surface area (Å²) in [4.78, 5) is 22.5. The molecule has 0 bridgehead atoms. The predicted octanol–water partition coefficient (Wildman–Crippen LogP) is 3.89. The monoisotopic (exact) mass is 456 g/mol. The maximum absolute atomic E-state index is 12.9. The second kappa shape index (κ2) is 9.01. The lowest BCUT2D eigenvalue weighted by molar-refractivity contribution is -0.120. The highest BCUT2D eigenvalue weighted by Gasteiger charge is 2.24. The molecule has 174 valence electrons. The van der Waals surface area contributed by atoms with E-state index in [0.29, 0.717) is 61.2 Å². The Morgan fingerprint density at radius 1 is 1.18 bits per heavy atom. The number of halogens is 2. The topological polar surface area (TPSA) is 85.2 Å². The molecule has 0 spiro atoms. The molecule has 1 aromatic carbocycles. The Balaban J connectivity index is 1.42. The minimum Gasteiger partial charge on any atom is -0.495 e. The molecule has 0 amide bonds. The second-order valence-electron chi connectivity index (χ2n) is 8.65.